The molecule has 0 aromatic heterocycles. The Hall–Kier alpha value is -1.98. The van der Waals surface area contributed by atoms with Gasteiger partial charge in [0, 0.05) is 12.1 Å². The van der Waals surface area contributed by atoms with Gasteiger partial charge in [0.05, 0.1) is 13.0 Å². The first-order valence-corrected chi connectivity index (χ1v) is 6.85. The molecule has 0 atom stereocenters. The molecule has 0 bridgehead atoms. The molecular formula is C15H19F2NO3. The Bertz CT molecular complexity index is 506. The summed E-state index contributed by atoms with van der Waals surface area (Å²) in [6.45, 7) is 3.93. The Morgan fingerprint density at radius 1 is 1.24 bits per heavy atom. The van der Waals surface area contributed by atoms with Gasteiger partial charge in [-0.05, 0) is 19.4 Å². The number of hydrogen-bond acceptors (Lipinski definition) is 3. The molecule has 0 spiro atoms. The maximum atomic E-state index is 13.6. The molecule has 0 aliphatic heterocycles. The van der Waals surface area contributed by atoms with Gasteiger partial charge in [-0.25, -0.2) is 8.78 Å². The van der Waals surface area contributed by atoms with Crippen molar-refractivity contribution in [1.82, 2.24) is 4.90 Å². The van der Waals surface area contributed by atoms with Crippen LogP contribution in [0.15, 0.2) is 18.2 Å². The minimum atomic E-state index is -1.03. The molecule has 0 fully saturated rings. The molecule has 0 saturated carbocycles. The first kappa shape index (κ1) is 17.1. The third-order valence-corrected chi connectivity index (χ3v) is 2.84. The van der Waals surface area contributed by atoms with Crippen molar-refractivity contribution in [2.45, 2.75) is 26.7 Å². The molecule has 116 valence electrons. The highest BCUT2D eigenvalue weighted by Crippen LogP contribution is 2.13. The standard InChI is InChI=1S/C15H19F2NO3/c1-3-8-18(10-14(20)21-4-2)13(19)9-11-6-5-7-12(16)15(11)17/h5-7H,3-4,8-10H2,1-2H3. The van der Waals surface area contributed by atoms with Crippen LogP contribution < -0.4 is 0 Å². The zero-order valence-corrected chi connectivity index (χ0v) is 12.2. The molecule has 0 saturated heterocycles. The maximum absolute atomic E-state index is 13.6. The van der Waals surface area contributed by atoms with Crippen molar-refractivity contribution in [3.63, 3.8) is 0 Å². The molecule has 1 aromatic carbocycles. The fourth-order valence-corrected chi connectivity index (χ4v) is 1.88. The van der Waals surface area contributed by atoms with Crippen molar-refractivity contribution in [2.24, 2.45) is 0 Å². The first-order chi connectivity index (χ1) is 9.99. The van der Waals surface area contributed by atoms with Crippen molar-refractivity contribution in [3.05, 3.63) is 35.4 Å². The van der Waals surface area contributed by atoms with Gasteiger partial charge in [-0.2, -0.15) is 0 Å². The van der Waals surface area contributed by atoms with E-state index < -0.39 is 23.5 Å². The number of benzene rings is 1. The average molecular weight is 299 g/mol. The molecule has 1 rings (SSSR count). The molecule has 0 aliphatic rings. The van der Waals surface area contributed by atoms with Crippen LogP contribution in [-0.4, -0.2) is 36.5 Å². The summed E-state index contributed by atoms with van der Waals surface area (Å²) >= 11 is 0. The summed E-state index contributed by atoms with van der Waals surface area (Å²) in [5.41, 5.74) is -0.0232. The topological polar surface area (TPSA) is 46.6 Å². The van der Waals surface area contributed by atoms with Crippen molar-refractivity contribution < 1.29 is 23.1 Å². The smallest absolute Gasteiger partial charge is 0.325 e. The molecule has 0 heterocycles. The Morgan fingerprint density at radius 2 is 1.95 bits per heavy atom. The van der Waals surface area contributed by atoms with Crippen LogP contribution in [0.5, 0.6) is 0 Å². The van der Waals surface area contributed by atoms with E-state index in [1.807, 2.05) is 6.92 Å². The molecular weight excluding hydrogens is 280 g/mol. The first-order valence-electron chi connectivity index (χ1n) is 6.85. The van der Waals surface area contributed by atoms with E-state index in [0.717, 1.165) is 6.07 Å². The summed E-state index contributed by atoms with van der Waals surface area (Å²) in [5, 5.41) is 0. The maximum Gasteiger partial charge on any atom is 0.325 e. The van der Waals surface area contributed by atoms with Gasteiger partial charge in [0.1, 0.15) is 6.54 Å². The lowest BCUT2D eigenvalue weighted by Crippen LogP contribution is -2.38. The van der Waals surface area contributed by atoms with E-state index in [1.54, 1.807) is 6.92 Å². The monoisotopic (exact) mass is 299 g/mol. The normalized spacial score (nSPS) is 10.3. The highest BCUT2D eigenvalue weighted by molar-refractivity contribution is 5.83. The summed E-state index contributed by atoms with van der Waals surface area (Å²) in [6.07, 6.45) is 0.361. The van der Waals surface area contributed by atoms with Crippen molar-refractivity contribution in [1.29, 1.82) is 0 Å². The number of rotatable bonds is 7. The van der Waals surface area contributed by atoms with E-state index in [1.165, 1.54) is 17.0 Å². The largest absolute Gasteiger partial charge is 0.465 e. The zero-order chi connectivity index (χ0) is 15.8. The number of halogens is 2. The van der Waals surface area contributed by atoms with Crippen molar-refractivity contribution in [2.75, 3.05) is 19.7 Å². The predicted octanol–water partition coefficient (Wildman–Crippen LogP) is 2.31. The SMILES string of the molecule is CCCN(CC(=O)OCC)C(=O)Cc1cccc(F)c1F. The van der Waals surface area contributed by atoms with Crippen LogP contribution in [0.4, 0.5) is 8.78 Å². The van der Waals surface area contributed by atoms with Crippen LogP contribution in [0.25, 0.3) is 0 Å². The quantitative estimate of drug-likeness (QED) is 0.726. The number of esters is 1. The van der Waals surface area contributed by atoms with Crippen LogP contribution >= 0.6 is 0 Å². The summed E-state index contributed by atoms with van der Waals surface area (Å²) in [7, 11) is 0. The fraction of sp³-hybridized carbons (Fsp3) is 0.467. The zero-order valence-electron chi connectivity index (χ0n) is 12.2. The Labute approximate surface area is 122 Å². The van der Waals surface area contributed by atoms with Gasteiger partial charge in [-0.15, -0.1) is 0 Å². The van der Waals surface area contributed by atoms with Crippen molar-refractivity contribution >= 4 is 11.9 Å². The second kappa shape index (κ2) is 8.34. The third-order valence-electron chi connectivity index (χ3n) is 2.84. The van der Waals surface area contributed by atoms with Crippen LogP contribution in [0.3, 0.4) is 0 Å². The van der Waals surface area contributed by atoms with Gasteiger partial charge in [0.2, 0.25) is 5.91 Å². The number of nitrogens with zero attached hydrogens (tertiary/aromatic N) is 1. The molecule has 0 radical (unpaired) electrons. The molecule has 1 amide bonds. The average Bonchev–Trinajstić information content (AvgIpc) is 2.43. The van der Waals surface area contributed by atoms with Crippen molar-refractivity contribution in [3.8, 4) is 0 Å². The van der Waals surface area contributed by atoms with Gasteiger partial charge in [-0.1, -0.05) is 19.1 Å². The Kier molecular flexibility index (Phi) is 6.78. The molecule has 21 heavy (non-hydrogen) atoms. The summed E-state index contributed by atoms with van der Waals surface area (Å²) in [4.78, 5) is 24.9. The number of ether oxygens (including phenoxy) is 1. The lowest BCUT2D eigenvalue weighted by Gasteiger charge is -2.21. The molecule has 6 heteroatoms. The summed E-state index contributed by atoms with van der Waals surface area (Å²) in [5.74, 6) is -2.97. The van der Waals surface area contributed by atoms with E-state index in [0.29, 0.717) is 13.0 Å². The highest BCUT2D eigenvalue weighted by Gasteiger charge is 2.19. The number of carbonyl (C=O) groups excluding carboxylic acids is 2. The van der Waals surface area contributed by atoms with Gasteiger partial charge < -0.3 is 9.64 Å². The molecule has 1 aromatic rings. The lowest BCUT2D eigenvalue weighted by atomic mass is 10.1. The Balaban J connectivity index is 2.76. The number of carbonyl (C=O) groups is 2. The van der Waals surface area contributed by atoms with Gasteiger partial charge in [0.15, 0.2) is 11.6 Å². The predicted molar refractivity (Wildman–Crippen MR) is 73.6 cm³/mol. The molecule has 0 unspecified atom stereocenters. The third kappa shape index (κ3) is 5.13. The van der Waals surface area contributed by atoms with E-state index >= 15 is 0 Å². The second-order valence-electron chi connectivity index (χ2n) is 4.51. The van der Waals surface area contributed by atoms with Gasteiger partial charge >= 0.3 is 5.97 Å². The van der Waals surface area contributed by atoms with Gasteiger partial charge in [-0.3, -0.25) is 9.59 Å². The van der Waals surface area contributed by atoms with E-state index in [-0.39, 0.29) is 25.1 Å². The lowest BCUT2D eigenvalue weighted by molar-refractivity contribution is -0.148. The van der Waals surface area contributed by atoms with Crippen LogP contribution in [-0.2, 0) is 20.7 Å². The fourth-order valence-electron chi connectivity index (χ4n) is 1.88. The minimum absolute atomic E-state index is 0.0232. The van der Waals surface area contributed by atoms with E-state index in [2.05, 4.69) is 0 Å². The van der Waals surface area contributed by atoms with E-state index in [9.17, 15) is 18.4 Å². The Morgan fingerprint density at radius 3 is 2.57 bits per heavy atom. The molecule has 0 aliphatic carbocycles. The van der Waals surface area contributed by atoms with Crippen LogP contribution in [0.2, 0.25) is 0 Å². The second-order valence-corrected chi connectivity index (χ2v) is 4.51. The molecule has 0 N–H and O–H groups in total. The molecule has 4 nitrogen and oxygen atoms in total. The summed E-state index contributed by atoms with van der Waals surface area (Å²) < 4.78 is 31.5. The minimum Gasteiger partial charge on any atom is -0.465 e. The highest BCUT2D eigenvalue weighted by atomic mass is 19.2. The number of hydrogen-bond donors (Lipinski definition) is 0. The summed E-state index contributed by atoms with van der Waals surface area (Å²) in [6, 6.07) is 3.69. The van der Waals surface area contributed by atoms with Crippen LogP contribution in [0.1, 0.15) is 25.8 Å². The van der Waals surface area contributed by atoms with Gasteiger partial charge in [0.25, 0.3) is 0 Å². The van der Waals surface area contributed by atoms with E-state index in [4.69, 9.17) is 4.74 Å². The number of amides is 1. The van der Waals surface area contributed by atoms with Crippen LogP contribution in [0, 0.1) is 11.6 Å².